The fraction of sp³-hybridized carbons (Fsp3) is 0.562. The summed E-state index contributed by atoms with van der Waals surface area (Å²) >= 11 is 0. The molecule has 1 saturated carbocycles. The second kappa shape index (κ2) is 5.02. The molecule has 2 unspecified atom stereocenters. The lowest BCUT2D eigenvalue weighted by Crippen LogP contribution is -2.22. The zero-order valence-corrected chi connectivity index (χ0v) is 11.5. The Labute approximate surface area is 110 Å². The van der Waals surface area contributed by atoms with Crippen molar-refractivity contribution < 1.29 is 0 Å². The quantitative estimate of drug-likeness (QED) is 0.848. The zero-order chi connectivity index (χ0) is 13.2. The van der Waals surface area contributed by atoms with Gasteiger partial charge in [0, 0.05) is 11.7 Å². The van der Waals surface area contributed by atoms with Gasteiger partial charge in [0.15, 0.2) is 0 Å². The third-order valence-electron chi connectivity index (χ3n) is 3.78. The number of rotatable bonds is 2. The van der Waals surface area contributed by atoms with Gasteiger partial charge in [-0.25, -0.2) is 0 Å². The van der Waals surface area contributed by atoms with Crippen LogP contribution in [0.4, 0.5) is 5.69 Å². The second-order valence-corrected chi connectivity index (χ2v) is 6.24. The Morgan fingerprint density at radius 3 is 2.39 bits per heavy atom. The number of anilines is 1. The average Bonchev–Trinajstić information content (AvgIpc) is 2.76. The first-order valence-electron chi connectivity index (χ1n) is 6.77. The summed E-state index contributed by atoms with van der Waals surface area (Å²) in [6, 6.07) is 11.4. The largest absolute Gasteiger partial charge is 0.381 e. The van der Waals surface area contributed by atoms with Crippen LogP contribution in [0.3, 0.4) is 0 Å². The topological polar surface area (TPSA) is 35.8 Å². The van der Waals surface area contributed by atoms with Crippen LogP contribution in [0.25, 0.3) is 0 Å². The summed E-state index contributed by atoms with van der Waals surface area (Å²) in [6.07, 6.45) is 3.31. The van der Waals surface area contributed by atoms with Crippen LogP contribution in [0.15, 0.2) is 24.3 Å². The Morgan fingerprint density at radius 1 is 1.17 bits per heavy atom. The van der Waals surface area contributed by atoms with E-state index in [2.05, 4.69) is 56.4 Å². The third-order valence-corrected chi connectivity index (χ3v) is 3.78. The minimum atomic E-state index is 0.173. The summed E-state index contributed by atoms with van der Waals surface area (Å²) in [7, 11) is 0. The lowest BCUT2D eigenvalue weighted by Gasteiger charge is -2.21. The first-order valence-corrected chi connectivity index (χ1v) is 6.77. The summed E-state index contributed by atoms with van der Waals surface area (Å²) in [5.74, 6) is 0.173. The van der Waals surface area contributed by atoms with Crippen LogP contribution >= 0.6 is 0 Å². The van der Waals surface area contributed by atoms with Crippen molar-refractivity contribution in [3.05, 3.63) is 29.8 Å². The van der Waals surface area contributed by atoms with Crippen LogP contribution < -0.4 is 5.32 Å². The molecule has 0 aromatic heterocycles. The number of nitriles is 1. The minimum Gasteiger partial charge on any atom is -0.381 e. The molecule has 0 saturated heterocycles. The van der Waals surface area contributed by atoms with Crippen molar-refractivity contribution in [3.63, 3.8) is 0 Å². The van der Waals surface area contributed by atoms with E-state index < -0.39 is 0 Å². The van der Waals surface area contributed by atoms with Gasteiger partial charge in [-0.05, 0) is 42.4 Å². The van der Waals surface area contributed by atoms with Crippen molar-refractivity contribution in [2.75, 3.05) is 5.32 Å². The molecule has 1 aromatic rings. The number of hydrogen-bond acceptors (Lipinski definition) is 2. The molecule has 1 fully saturated rings. The molecule has 96 valence electrons. The Morgan fingerprint density at radius 2 is 1.83 bits per heavy atom. The molecule has 0 spiro atoms. The van der Waals surface area contributed by atoms with E-state index in [0.29, 0.717) is 6.04 Å². The molecule has 2 rings (SSSR count). The van der Waals surface area contributed by atoms with Gasteiger partial charge >= 0.3 is 0 Å². The molecule has 0 bridgehead atoms. The van der Waals surface area contributed by atoms with Gasteiger partial charge in [0.1, 0.15) is 0 Å². The Balaban J connectivity index is 2.05. The van der Waals surface area contributed by atoms with Gasteiger partial charge in [0.2, 0.25) is 0 Å². The van der Waals surface area contributed by atoms with E-state index in [1.54, 1.807) is 0 Å². The summed E-state index contributed by atoms with van der Waals surface area (Å²) < 4.78 is 0. The minimum absolute atomic E-state index is 0.173. The first kappa shape index (κ1) is 13.0. The predicted molar refractivity (Wildman–Crippen MR) is 75.5 cm³/mol. The molecule has 2 atom stereocenters. The van der Waals surface area contributed by atoms with Gasteiger partial charge in [-0.1, -0.05) is 32.9 Å². The third kappa shape index (κ3) is 2.85. The van der Waals surface area contributed by atoms with Gasteiger partial charge in [-0.2, -0.15) is 5.26 Å². The molecular weight excluding hydrogens is 220 g/mol. The van der Waals surface area contributed by atoms with E-state index in [1.807, 2.05) is 0 Å². The predicted octanol–water partition coefficient (Wildman–Crippen LogP) is 4.09. The Bertz CT molecular complexity index is 434. The molecule has 18 heavy (non-hydrogen) atoms. The molecule has 1 aliphatic carbocycles. The molecule has 1 N–H and O–H groups in total. The molecule has 0 heterocycles. The first-order chi connectivity index (χ1) is 8.50. The fourth-order valence-electron chi connectivity index (χ4n) is 2.57. The van der Waals surface area contributed by atoms with Gasteiger partial charge in [-0.3, -0.25) is 0 Å². The molecular formula is C16H22N2. The number of nitrogens with one attached hydrogen (secondary N) is 1. The van der Waals surface area contributed by atoms with E-state index in [9.17, 15) is 0 Å². The molecule has 0 aliphatic heterocycles. The van der Waals surface area contributed by atoms with Gasteiger partial charge in [0.25, 0.3) is 0 Å². The lowest BCUT2D eigenvalue weighted by molar-refractivity contribution is 0.590. The van der Waals surface area contributed by atoms with Crippen LogP contribution in [0, 0.1) is 17.2 Å². The smallest absolute Gasteiger partial charge is 0.0677 e. The summed E-state index contributed by atoms with van der Waals surface area (Å²) in [5.41, 5.74) is 2.67. The second-order valence-electron chi connectivity index (χ2n) is 6.24. The van der Waals surface area contributed by atoms with Gasteiger partial charge < -0.3 is 5.32 Å². The van der Waals surface area contributed by atoms with Crippen molar-refractivity contribution in [2.45, 2.75) is 51.5 Å². The number of hydrogen-bond donors (Lipinski definition) is 1. The zero-order valence-electron chi connectivity index (χ0n) is 11.5. The highest BCUT2D eigenvalue weighted by molar-refractivity contribution is 5.47. The van der Waals surface area contributed by atoms with Crippen molar-refractivity contribution >= 4 is 5.69 Å². The maximum absolute atomic E-state index is 9.08. The van der Waals surface area contributed by atoms with Gasteiger partial charge in [0.05, 0.1) is 12.0 Å². The summed E-state index contributed by atoms with van der Waals surface area (Å²) in [4.78, 5) is 0. The van der Waals surface area contributed by atoms with Crippen molar-refractivity contribution in [2.24, 2.45) is 5.92 Å². The number of nitrogens with zero attached hydrogens (tertiary/aromatic N) is 1. The van der Waals surface area contributed by atoms with Crippen molar-refractivity contribution in [1.29, 1.82) is 5.26 Å². The molecule has 0 radical (unpaired) electrons. The molecule has 0 amide bonds. The SMILES string of the molecule is CC(C)(C)c1ccc(NC2CCCC2C#N)cc1. The molecule has 1 aliphatic rings. The normalized spacial score (nSPS) is 23.7. The van der Waals surface area contributed by atoms with Crippen molar-refractivity contribution in [1.82, 2.24) is 0 Å². The summed E-state index contributed by atoms with van der Waals surface area (Å²) in [6.45, 7) is 6.66. The molecule has 2 heteroatoms. The maximum atomic E-state index is 9.08. The van der Waals surface area contributed by atoms with E-state index in [4.69, 9.17) is 5.26 Å². The van der Waals surface area contributed by atoms with Crippen molar-refractivity contribution in [3.8, 4) is 6.07 Å². The lowest BCUT2D eigenvalue weighted by atomic mass is 9.87. The van der Waals surface area contributed by atoms with Crippen LogP contribution in [-0.2, 0) is 5.41 Å². The summed E-state index contributed by atoms with van der Waals surface area (Å²) in [5, 5.41) is 12.6. The Hall–Kier alpha value is -1.49. The number of benzene rings is 1. The standard InChI is InChI=1S/C16H22N2/c1-16(2,3)13-7-9-14(10-8-13)18-15-6-4-5-12(15)11-17/h7-10,12,15,18H,4-6H2,1-3H3. The fourth-order valence-corrected chi connectivity index (χ4v) is 2.57. The highest BCUT2D eigenvalue weighted by Gasteiger charge is 2.26. The van der Waals surface area contributed by atoms with Crippen LogP contribution in [-0.4, -0.2) is 6.04 Å². The van der Waals surface area contributed by atoms with Crippen LogP contribution in [0.1, 0.15) is 45.6 Å². The van der Waals surface area contributed by atoms with E-state index in [-0.39, 0.29) is 11.3 Å². The van der Waals surface area contributed by atoms with E-state index in [1.165, 1.54) is 5.56 Å². The Kier molecular flexibility index (Phi) is 3.61. The van der Waals surface area contributed by atoms with Crippen LogP contribution in [0.2, 0.25) is 0 Å². The highest BCUT2D eigenvalue weighted by Crippen LogP contribution is 2.29. The molecule has 1 aromatic carbocycles. The maximum Gasteiger partial charge on any atom is 0.0677 e. The van der Waals surface area contributed by atoms with Gasteiger partial charge in [-0.15, -0.1) is 0 Å². The monoisotopic (exact) mass is 242 g/mol. The highest BCUT2D eigenvalue weighted by atomic mass is 14.9. The van der Waals surface area contributed by atoms with E-state index in [0.717, 1.165) is 24.9 Å². The van der Waals surface area contributed by atoms with Crippen LogP contribution in [0.5, 0.6) is 0 Å². The average molecular weight is 242 g/mol. The molecule has 2 nitrogen and oxygen atoms in total. The van der Waals surface area contributed by atoms with E-state index >= 15 is 0 Å².